The van der Waals surface area contributed by atoms with E-state index in [0.717, 1.165) is 18.1 Å². The van der Waals surface area contributed by atoms with Gasteiger partial charge < -0.3 is 10.1 Å². The van der Waals surface area contributed by atoms with Gasteiger partial charge in [0.05, 0.1) is 7.11 Å². The van der Waals surface area contributed by atoms with Crippen LogP contribution in [0.4, 0.5) is 5.13 Å². The van der Waals surface area contributed by atoms with Gasteiger partial charge in [-0.1, -0.05) is 24.3 Å². The second kappa shape index (κ2) is 6.33. The Kier molecular flexibility index (Phi) is 4.52. The second-order valence-electron chi connectivity index (χ2n) is 4.13. The minimum Gasteiger partial charge on any atom is -0.464 e. The Morgan fingerprint density at radius 3 is 2.95 bits per heavy atom. The minimum absolute atomic E-state index is 0.353. The van der Waals surface area contributed by atoms with Gasteiger partial charge in [0.15, 0.2) is 10.8 Å². The largest absolute Gasteiger partial charge is 0.464 e. The number of nitrogens with zero attached hydrogens (tertiary/aromatic N) is 1. The molecule has 0 spiro atoms. The normalized spacial score (nSPS) is 10.2. The first-order valence-corrected chi connectivity index (χ1v) is 6.91. The molecule has 4 nitrogen and oxygen atoms in total. The van der Waals surface area contributed by atoms with E-state index in [9.17, 15) is 4.79 Å². The van der Waals surface area contributed by atoms with Crippen LogP contribution in [0.25, 0.3) is 0 Å². The highest BCUT2D eigenvalue weighted by molar-refractivity contribution is 7.13. The number of esters is 1. The molecule has 1 heterocycles. The van der Waals surface area contributed by atoms with Crippen LogP contribution in [0.5, 0.6) is 0 Å². The predicted octanol–water partition coefficient (Wildman–Crippen LogP) is 2.89. The molecule has 0 bridgehead atoms. The van der Waals surface area contributed by atoms with E-state index in [1.54, 1.807) is 5.38 Å². The molecule has 0 saturated heterocycles. The summed E-state index contributed by atoms with van der Waals surface area (Å²) in [5.41, 5.74) is 2.96. The van der Waals surface area contributed by atoms with Crippen LogP contribution in [0.2, 0.25) is 0 Å². The van der Waals surface area contributed by atoms with Crippen molar-refractivity contribution in [2.45, 2.75) is 13.3 Å². The van der Waals surface area contributed by atoms with Crippen molar-refractivity contribution >= 4 is 22.4 Å². The van der Waals surface area contributed by atoms with Crippen molar-refractivity contribution in [3.05, 3.63) is 46.5 Å². The van der Waals surface area contributed by atoms with Crippen molar-refractivity contribution in [1.29, 1.82) is 0 Å². The fraction of sp³-hybridized carbons (Fsp3) is 0.286. The lowest BCUT2D eigenvalue weighted by molar-refractivity contribution is 0.0595. The molecule has 0 amide bonds. The lowest BCUT2D eigenvalue weighted by Gasteiger charge is -2.05. The number of methoxy groups -OCH3 is 1. The molecule has 5 heteroatoms. The number of ether oxygens (including phenoxy) is 1. The number of carbonyl (C=O) groups excluding carboxylic acids is 1. The molecule has 0 unspecified atom stereocenters. The fourth-order valence-corrected chi connectivity index (χ4v) is 2.46. The number of aromatic nitrogens is 1. The third-order valence-electron chi connectivity index (χ3n) is 2.83. The average molecular weight is 276 g/mol. The number of anilines is 1. The zero-order valence-electron chi connectivity index (χ0n) is 11.0. The molecule has 1 aromatic carbocycles. The number of thiazole rings is 1. The monoisotopic (exact) mass is 276 g/mol. The number of carbonyl (C=O) groups is 1. The van der Waals surface area contributed by atoms with Crippen LogP contribution >= 0.6 is 11.3 Å². The molecule has 1 N–H and O–H groups in total. The van der Waals surface area contributed by atoms with E-state index >= 15 is 0 Å². The smallest absolute Gasteiger partial charge is 0.357 e. The third kappa shape index (κ3) is 3.54. The maximum Gasteiger partial charge on any atom is 0.357 e. The summed E-state index contributed by atoms with van der Waals surface area (Å²) in [5, 5.41) is 5.66. The minimum atomic E-state index is -0.400. The zero-order chi connectivity index (χ0) is 13.7. The molecule has 0 saturated carbocycles. The highest BCUT2D eigenvalue weighted by atomic mass is 32.1. The highest BCUT2D eigenvalue weighted by Crippen LogP contribution is 2.16. The maximum atomic E-state index is 11.3. The standard InChI is InChI=1S/C14H16N2O2S/c1-10-5-3-4-6-11(10)7-8-15-14-16-12(9-19-14)13(17)18-2/h3-6,9H,7-8H2,1-2H3,(H,15,16). The predicted molar refractivity (Wildman–Crippen MR) is 76.8 cm³/mol. The number of hydrogen-bond donors (Lipinski definition) is 1. The summed E-state index contributed by atoms with van der Waals surface area (Å²) in [6.07, 6.45) is 0.930. The SMILES string of the molecule is COC(=O)c1csc(NCCc2ccccc2C)n1. The topological polar surface area (TPSA) is 51.2 Å². The van der Waals surface area contributed by atoms with Crippen LogP contribution < -0.4 is 5.32 Å². The van der Waals surface area contributed by atoms with Crippen LogP contribution in [0.15, 0.2) is 29.6 Å². The maximum absolute atomic E-state index is 11.3. The highest BCUT2D eigenvalue weighted by Gasteiger charge is 2.10. The molecule has 0 fully saturated rings. The van der Waals surface area contributed by atoms with Crippen LogP contribution in [0, 0.1) is 6.92 Å². The van der Waals surface area contributed by atoms with Crippen molar-refractivity contribution in [3.8, 4) is 0 Å². The molecule has 100 valence electrons. The first-order chi connectivity index (χ1) is 9.20. The molecule has 2 aromatic rings. The van der Waals surface area contributed by atoms with Gasteiger partial charge >= 0.3 is 5.97 Å². The van der Waals surface area contributed by atoms with Crippen LogP contribution in [0.3, 0.4) is 0 Å². The second-order valence-corrected chi connectivity index (χ2v) is 4.99. The Labute approximate surface area is 116 Å². The molecule has 0 radical (unpaired) electrons. The van der Waals surface area contributed by atoms with Crippen LogP contribution in [-0.2, 0) is 11.2 Å². The Bertz CT molecular complexity index is 566. The molecule has 0 atom stereocenters. The Morgan fingerprint density at radius 1 is 1.42 bits per heavy atom. The number of benzene rings is 1. The Morgan fingerprint density at radius 2 is 2.21 bits per heavy atom. The van der Waals surface area contributed by atoms with Gasteiger partial charge in [-0.15, -0.1) is 11.3 Å². The molecule has 0 aliphatic heterocycles. The molecular formula is C14H16N2O2S. The van der Waals surface area contributed by atoms with Gasteiger partial charge in [-0.25, -0.2) is 9.78 Å². The average Bonchev–Trinajstić information content (AvgIpc) is 2.89. The summed E-state index contributed by atoms with van der Waals surface area (Å²) in [5.74, 6) is -0.400. The molecule has 2 rings (SSSR count). The van der Waals surface area contributed by atoms with E-state index in [1.807, 2.05) is 12.1 Å². The molecule has 19 heavy (non-hydrogen) atoms. The fourth-order valence-electron chi connectivity index (χ4n) is 1.75. The van der Waals surface area contributed by atoms with Crippen molar-refractivity contribution in [2.24, 2.45) is 0 Å². The number of hydrogen-bond acceptors (Lipinski definition) is 5. The Hall–Kier alpha value is -1.88. The first-order valence-electron chi connectivity index (χ1n) is 6.03. The zero-order valence-corrected chi connectivity index (χ0v) is 11.8. The number of rotatable bonds is 5. The van der Waals surface area contributed by atoms with Gasteiger partial charge in [0.25, 0.3) is 0 Å². The summed E-state index contributed by atoms with van der Waals surface area (Å²) < 4.78 is 4.62. The van der Waals surface area contributed by atoms with Gasteiger partial charge in [0, 0.05) is 11.9 Å². The summed E-state index contributed by atoms with van der Waals surface area (Å²) in [7, 11) is 1.35. The van der Waals surface area contributed by atoms with Crippen LogP contribution in [-0.4, -0.2) is 24.6 Å². The van der Waals surface area contributed by atoms with E-state index in [1.165, 1.54) is 29.6 Å². The van der Waals surface area contributed by atoms with E-state index in [4.69, 9.17) is 0 Å². The lowest BCUT2D eigenvalue weighted by atomic mass is 10.1. The van der Waals surface area contributed by atoms with Crippen molar-refractivity contribution in [2.75, 3.05) is 19.0 Å². The van der Waals surface area contributed by atoms with E-state index < -0.39 is 5.97 Å². The molecule has 0 aliphatic carbocycles. The van der Waals surface area contributed by atoms with Crippen molar-refractivity contribution in [3.63, 3.8) is 0 Å². The summed E-state index contributed by atoms with van der Waals surface area (Å²) in [6.45, 7) is 2.90. The summed E-state index contributed by atoms with van der Waals surface area (Å²) >= 11 is 1.41. The lowest BCUT2D eigenvalue weighted by Crippen LogP contribution is -2.06. The van der Waals surface area contributed by atoms with Gasteiger partial charge in [-0.2, -0.15) is 0 Å². The van der Waals surface area contributed by atoms with E-state index in [2.05, 4.69) is 34.1 Å². The Balaban J connectivity index is 1.88. The van der Waals surface area contributed by atoms with Crippen molar-refractivity contribution < 1.29 is 9.53 Å². The van der Waals surface area contributed by atoms with Gasteiger partial charge in [-0.05, 0) is 24.5 Å². The molecule has 1 aromatic heterocycles. The number of aryl methyl sites for hydroxylation is 1. The van der Waals surface area contributed by atoms with Gasteiger partial charge in [0.2, 0.25) is 0 Å². The number of nitrogens with one attached hydrogen (secondary N) is 1. The van der Waals surface area contributed by atoms with Gasteiger partial charge in [-0.3, -0.25) is 0 Å². The summed E-state index contributed by atoms with van der Waals surface area (Å²) in [6, 6.07) is 8.31. The van der Waals surface area contributed by atoms with Crippen LogP contribution in [0.1, 0.15) is 21.6 Å². The summed E-state index contributed by atoms with van der Waals surface area (Å²) in [4.78, 5) is 15.4. The van der Waals surface area contributed by atoms with E-state index in [0.29, 0.717) is 5.69 Å². The molecular weight excluding hydrogens is 260 g/mol. The van der Waals surface area contributed by atoms with Gasteiger partial charge in [0.1, 0.15) is 0 Å². The third-order valence-corrected chi connectivity index (χ3v) is 3.63. The molecule has 0 aliphatic rings. The quantitative estimate of drug-likeness (QED) is 0.853. The van der Waals surface area contributed by atoms with Crippen molar-refractivity contribution in [1.82, 2.24) is 4.98 Å². The first kappa shape index (κ1) is 13.5. The van der Waals surface area contributed by atoms with E-state index in [-0.39, 0.29) is 0 Å².